The maximum Gasteiger partial charge on any atom is 0.268 e. The molecular formula is C22H22ClFN4O3. The van der Waals surface area contributed by atoms with Crippen LogP contribution in [0.25, 0.3) is 10.9 Å². The van der Waals surface area contributed by atoms with Gasteiger partial charge >= 0.3 is 0 Å². The minimum absolute atomic E-state index is 0.220. The standard InChI is InChI=1S/C22H22ClFN4O3/c23-20-11-14-10-17(26-19(14)12-25-20)21(30)27-18(9-13-1-3-15(24)4-2-13)22(31)28-7-5-16(29)6-8-28/h1-4,10-12,16,18,26,29H,5-9H2,(H,27,30). The molecule has 162 valence electrons. The van der Waals surface area contributed by atoms with Crippen LogP contribution >= 0.6 is 11.6 Å². The number of aromatic nitrogens is 2. The number of fused-ring (bicyclic) bond motifs is 1. The number of halogens is 2. The maximum absolute atomic E-state index is 13.3. The van der Waals surface area contributed by atoms with Crippen LogP contribution in [0.3, 0.4) is 0 Å². The summed E-state index contributed by atoms with van der Waals surface area (Å²) >= 11 is 5.91. The molecule has 2 amide bonds. The Balaban J connectivity index is 1.55. The van der Waals surface area contributed by atoms with Crippen molar-refractivity contribution in [2.45, 2.75) is 31.4 Å². The highest BCUT2D eigenvalue weighted by molar-refractivity contribution is 6.30. The van der Waals surface area contributed by atoms with Gasteiger partial charge in [-0.15, -0.1) is 0 Å². The number of rotatable bonds is 5. The number of amides is 2. The second kappa shape index (κ2) is 9.03. The van der Waals surface area contributed by atoms with Crippen LogP contribution in [0.4, 0.5) is 4.39 Å². The summed E-state index contributed by atoms with van der Waals surface area (Å²) in [5.41, 5.74) is 1.66. The highest BCUT2D eigenvalue weighted by atomic mass is 35.5. The minimum Gasteiger partial charge on any atom is -0.393 e. The molecule has 0 bridgehead atoms. The zero-order chi connectivity index (χ0) is 22.0. The molecular weight excluding hydrogens is 423 g/mol. The van der Waals surface area contributed by atoms with Crippen molar-refractivity contribution in [2.24, 2.45) is 0 Å². The number of aliphatic hydroxyl groups is 1. The van der Waals surface area contributed by atoms with E-state index in [1.165, 1.54) is 18.3 Å². The zero-order valence-electron chi connectivity index (χ0n) is 16.6. The number of carbonyl (C=O) groups is 2. The molecule has 31 heavy (non-hydrogen) atoms. The number of benzene rings is 1. The smallest absolute Gasteiger partial charge is 0.268 e. The summed E-state index contributed by atoms with van der Waals surface area (Å²) in [5, 5.41) is 13.6. The molecule has 3 aromatic rings. The van der Waals surface area contributed by atoms with Crippen molar-refractivity contribution in [2.75, 3.05) is 13.1 Å². The second-order valence-electron chi connectivity index (χ2n) is 7.69. The predicted octanol–water partition coefficient (Wildman–Crippen LogP) is 2.68. The summed E-state index contributed by atoms with van der Waals surface area (Å²) in [6, 6.07) is 8.30. The molecule has 9 heteroatoms. The lowest BCUT2D eigenvalue weighted by molar-refractivity contribution is -0.135. The average molecular weight is 445 g/mol. The SMILES string of the molecule is O=C(NC(Cc1ccc(F)cc1)C(=O)N1CCC(O)CC1)c1cc2cc(Cl)ncc2[nH]1. The Morgan fingerprint density at radius 1 is 1.26 bits per heavy atom. The van der Waals surface area contributed by atoms with Gasteiger partial charge in [0.1, 0.15) is 22.7 Å². The molecule has 1 atom stereocenters. The third-order valence-corrected chi connectivity index (χ3v) is 5.66. The van der Waals surface area contributed by atoms with E-state index in [-0.39, 0.29) is 23.8 Å². The lowest BCUT2D eigenvalue weighted by Gasteiger charge is -2.32. The van der Waals surface area contributed by atoms with E-state index in [9.17, 15) is 19.1 Å². The first-order valence-corrected chi connectivity index (χ1v) is 10.4. The van der Waals surface area contributed by atoms with E-state index in [0.29, 0.717) is 36.6 Å². The normalized spacial score (nSPS) is 15.8. The Morgan fingerprint density at radius 3 is 2.68 bits per heavy atom. The third kappa shape index (κ3) is 5.03. The number of likely N-dealkylation sites (tertiary alicyclic amines) is 1. The number of aromatic amines is 1. The number of carbonyl (C=O) groups excluding carboxylic acids is 2. The van der Waals surface area contributed by atoms with Crippen LogP contribution in [-0.4, -0.2) is 57.0 Å². The Kier molecular flexibility index (Phi) is 6.20. The Hall–Kier alpha value is -2.97. The van der Waals surface area contributed by atoms with Gasteiger partial charge in [0.05, 0.1) is 17.8 Å². The zero-order valence-corrected chi connectivity index (χ0v) is 17.4. The van der Waals surface area contributed by atoms with Gasteiger partial charge in [0.2, 0.25) is 5.91 Å². The summed E-state index contributed by atoms with van der Waals surface area (Å²) in [5.74, 6) is -1.04. The molecule has 3 N–H and O–H groups in total. The van der Waals surface area contributed by atoms with E-state index in [4.69, 9.17) is 11.6 Å². The van der Waals surface area contributed by atoms with Crippen molar-refractivity contribution in [3.63, 3.8) is 0 Å². The predicted molar refractivity (Wildman–Crippen MR) is 114 cm³/mol. The summed E-state index contributed by atoms with van der Waals surface area (Å²) < 4.78 is 13.3. The molecule has 2 aromatic heterocycles. The molecule has 0 saturated carbocycles. The topological polar surface area (TPSA) is 98.3 Å². The van der Waals surface area contributed by atoms with E-state index in [2.05, 4.69) is 15.3 Å². The number of hydrogen-bond acceptors (Lipinski definition) is 4. The van der Waals surface area contributed by atoms with Crippen LogP contribution in [-0.2, 0) is 11.2 Å². The minimum atomic E-state index is -0.832. The number of hydrogen-bond donors (Lipinski definition) is 3. The monoisotopic (exact) mass is 444 g/mol. The van der Waals surface area contributed by atoms with Crippen LogP contribution in [0.2, 0.25) is 5.15 Å². The van der Waals surface area contributed by atoms with Crippen molar-refractivity contribution < 1.29 is 19.1 Å². The summed E-state index contributed by atoms with van der Waals surface area (Å²) in [6.45, 7) is 0.846. The number of aliphatic hydroxyl groups excluding tert-OH is 1. The van der Waals surface area contributed by atoms with Gasteiger partial charge in [0, 0.05) is 24.9 Å². The lowest BCUT2D eigenvalue weighted by atomic mass is 10.0. The number of nitrogens with one attached hydrogen (secondary N) is 2. The quantitative estimate of drug-likeness (QED) is 0.527. The molecule has 0 radical (unpaired) electrons. The van der Waals surface area contributed by atoms with Crippen LogP contribution in [0, 0.1) is 5.82 Å². The van der Waals surface area contributed by atoms with Gasteiger partial charge in [-0.1, -0.05) is 23.7 Å². The van der Waals surface area contributed by atoms with E-state index in [1.807, 2.05) is 0 Å². The lowest BCUT2D eigenvalue weighted by Crippen LogP contribution is -2.52. The number of piperidine rings is 1. The fraction of sp³-hybridized carbons (Fsp3) is 0.318. The fourth-order valence-corrected chi connectivity index (χ4v) is 3.89. The second-order valence-corrected chi connectivity index (χ2v) is 8.08. The van der Waals surface area contributed by atoms with Gasteiger partial charge in [0.25, 0.3) is 5.91 Å². The molecule has 3 heterocycles. The number of pyridine rings is 1. The number of H-pyrrole nitrogens is 1. The van der Waals surface area contributed by atoms with Gasteiger partial charge in [0.15, 0.2) is 0 Å². The van der Waals surface area contributed by atoms with Gasteiger partial charge in [-0.3, -0.25) is 9.59 Å². The largest absolute Gasteiger partial charge is 0.393 e. The van der Waals surface area contributed by atoms with Gasteiger partial charge in [-0.05, 0) is 42.7 Å². The van der Waals surface area contributed by atoms with Gasteiger partial charge in [-0.25, -0.2) is 9.37 Å². The van der Waals surface area contributed by atoms with Crippen LogP contribution in [0.15, 0.2) is 42.6 Å². The van der Waals surface area contributed by atoms with Crippen LogP contribution in [0.5, 0.6) is 0 Å². The van der Waals surface area contributed by atoms with Crippen molar-refractivity contribution in [1.82, 2.24) is 20.2 Å². The van der Waals surface area contributed by atoms with Crippen molar-refractivity contribution in [3.05, 3.63) is 64.8 Å². The molecule has 4 rings (SSSR count). The van der Waals surface area contributed by atoms with E-state index in [0.717, 1.165) is 10.9 Å². The maximum atomic E-state index is 13.3. The molecule has 7 nitrogen and oxygen atoms in total. The van der Waals surface area contributed by atoms with Gasteiger partial charge in [-0.2, -0.15) is 0 Å². The highest BCUT2D eigenvalue weighted by Crippen LogP contribution is 2.19. The molecule has 0 spiro atoms. The Morgan fingerprint density at radius 2 is 1.97 bits per heavy atom. The first-order valence-electron chi connectivity index (χ1n) is 10.1. The summed E-state index contributed by atoms with van der Waals surface area (Å²) in [4.78, 5) is 34.7. The van der Waals surface area contributed by atoms with E-state index >= 15 is 0 Å². The number of nitrogens with zero attached hydrogens (tertiary/aromatic N) is 2. The summed E-state index contributed by atoms with van der Waals surface area (Å²) in [6.07, 6.45) is 2.34. The highest BCUT2D eigenvalue weighted by Gasteiger charge is 2.29. The Bertz CT molecular complexity index is 1090. The van der Waals surface area contributed by atoms with E-state index in [1.54, 1.807) is 29.2 Å². The Labute approximate surface area is 183 Å². The first kappa shape index (κ1) is 21.3. The van der Waals surface area contributed by atoms with Crippen LogP contribution in [0.1, 0.15) is 28.9 Å². The van der Waals surface area contributed by atoms with E-state index < -0.39 is 18.1 Å². The summed E-state index contributed by atoms with van der Waals surface area (Å²) in [7, 11) is 0. The fourth-order valence-electron chi connectivity index (χ4n) is 3.73. The molecule has 1 aliphatic rings. The van der Waals surface area contributed by atoms with Gasteiger partial charge < -0.3 is 20.3 Å². The molecule has 0 aliphatic carbocycles. The molecule has 1 unspecified atom stereocenters. The van der Waals surface area contributed by atoms with Crippen molar-refractivity contribution in [3.8, 4) is 0 Å². The molecule has 1 aromatic carbocycles. The first-order chi connectivity index (χ1) is 14.9. The molecule has 1 saturated heterocycles. The van der Waals surface area contributed by atoms with Crippen molar-refractivity contribution >= 4 is 34.3 Å². The molecule has 1 aliphatic heterocycles. The molecule has 1 fully saturated rings. The average Bonchev–Trinajstić information content (AvgIpc) is 3.18. The van der Waals surface area contributed by atoms with Crippen LogP contribution < -0.4 is 5.32 Å². The van der Waals surface area contributed by atoms with Crippen molar-refractivity contribution in [1.29, 1.82) is 0 Å². The third-order valence-electron chi connectivity index (χ3n) is 5.45.